The Morgan fingerprint density at radius 1 is 1.03 bits per heavy atom. The number of ether oxygens (including phenoxy) is 1. The largest absolute Gasteiger partial charge is 0.497 e. The number of anilines is 1. The summed E-state index contributed by atoms with van der Waals surface area (Å²) in [5.74, 6) is 0.936. The van der Waals surface area contributed by atoms with Gasteiger partial charge in [-0.25, -0.2) is 9.18 Å². The Morgan fingerprint density at radius 3 is 2.42 bits per heavy atom. The predicted molar refractivity (Wildman–Crippen MR) is 124 cm³/mol. The molecule has 2 amide bonds. The van der Waals surface area contributed by atoms with E-state index in [2.05, 4.69) is 20.8 Å². The molecular formula is C23H21FN4O2S. The number of amides is 2. The zero-order valence-corrected chi connectivity index (χ0v) is 17.6. The van der Waals surface area contributed by atoms with Gasteiger partial charge in [0, 0.05) is 11.4 Å². The van der Waals surface area contributed by atoms with E-state index >= 15 is 0 Å². The SMILES string of the molecule is COc1ccc(/C=N\N=C(\NC(=O)Nc2ccccc2)SCc2ccc(F)cc2)cc1. The highest BCUT2D eigenvalue weighted by atomic mass is 32.2. The fraction of sp³-hybridized carbons (Fsp3) is 0.0870. The van der Waals surface area contributed by atoms with Crippen molar-refractivity contribution in [2.75, 3.05) is 12.4 Å². The number of hydrogen-bond donors (Lipinski definition) is 2. The van der Waals surface area contributed by atoms with E-state index in [1.54, 1.807) is 37.6 Å². The second-order valence-electron chi connectivity index (χ2n) is 6.28. The minimum absolute atomic E-state index is 0.299. The molecule has 0 aliphatic rings. The molecule has 2 N–H and O–H groups in total. The fourth-order valence-electron chi connectivity index (χ4n) is 2.44. The van der Waals surface area contributed by atoms with Gasteiger partial charge in [0.05, 0.1) is 13.3 Å². The Morgan fingerprint density at radius 2 is 1.74 bits per heavy atom. The van der Waals surface area contributed by atoms with Crippen molar-refractivity contribution in [3.63, 3.8) is 0 Å². The summed E-state index contributed by atoms with van der Waals surface area (Å²) in [6.45, 7) is 0. The molecule has 8 heteroatoms. The van der Waals surface area contributed by atoms with Gasteiger partial charge in [0.15, 0.2) is 5.17 Å². The molecule has 3 aromatic rings. The molecule has 0 fully saturated rings. The molecule has 0 saturated carbocycles. The third-order valence-electron chi connectivity index (χ3n) is 4.01. The molecule has 0 unspecified atom stereocenters. The lowest BCUT2D eigenvalue weighted by Crippen LogP contribution is -2.32. The molecule has 0 aromatic heterocycles. The topological polar surface area (TPSA) is 75.1 Å². The Balaban J connectivity index is 1.68. The Kier molecular flexibility index (Phi) is 8.19. The number of rotatable bonds is 6. The number of thioether (sulfide) groups is 1. The number of amidine groups is 1. The first-order valence-electron chi connectivity index (χ1n) is 9.38. The zero-order chi connectivity index (χ0) is 21.9. The van der Waals surface area contributed by atoms with Gasteiger partial charge in [-0.05, 0) is 59.7 Å². The van der Waals surface area contributed by atoms with Crippen molar-refractivity contribution >= 4 is 34.9 Å². The number of halogens is 1. The van der Waals surface area contributed by atoms with E-state index in [0.717, 1.165) is 16.9 Å². The highest BCUT2D eigenvalue weighted by Crippen LogP contribution is 2.15. The maximum Gasteiger partial charge on any atom is 0.325 e. The molecule has 158 valence electrons. The van der Waals surface area contributed by atoms with Crippen LogP contribution in [0.4, 0.5) is 14.9 Å². The van der Waals surface area contributed by atoms with Crippen LogP contribution in [0.2, 0.25) is 0 Å². The molecule has 0 radical (unpaired) electrons. The van der Waals surface area contributed by atoms with Gasteiger partial charge in [0.2, 0.25) is 0 Å². The molecule has 0 aliphatic heterocycles. The number of nitrogens with one attached hydrogen (secondary N) is 2. The first-order valence-corrected chi connectivity index (χ1v) is 10.4. The summed E-state index contributed by atoms with van der Waals surface area (Å²) in [6.07, 6.45) is 1.58. The quantitative estimate of drug-likeness (QED) is 0.314. The molecule has 0 bridgehead atoms. The number of para-hydroxylation sites is 1. The van der Waals surface area contributed by atoms with Crippen LogP contribution in [0.25, 0.3) is 0 Å². The maximum atomic E-state index is 13.1. The molecule has 0 atom stereocenters. The molecule has 0 heterocycles. The normalized spacial score (nSPS) is 11.4. The van der Waals surface area contributed by atoms with E-state index in [4.69, 9.17) is 4.74 Å². The number of nitrogens with zero attached hydrogens (tertiary/aromatic N) is 2. The van der Waals surface area contributed by atoms with Gasteiger partial charge in [-0.15, -0.1) is 5.10 Å². The average molecular weight is 437 g/mol. The number of carbonyl (C=O) groups is 1. The Hall–Kier alpha value is -3.65. The monoisotopic (exact) mass is 436 g/mol. The summed E-state index contributed by atoms with van der Waals surface area (Å²) >= 11 is 1.28. The third-order valence-corrected chi connectivity index (χ3v) is 4.95. The number of urea groups is 1. The van der Waals surface area contributed by atoms with Crippen molar-refractivity contribution in [1.29, 1.82) is 0 Å². The Labute approximate surface area is 184 Å². The smallest absolute Gasteiger partial charge is 0.325 e. The number of carbonyl (C=O) groups excluding carboxylic acids is 1. The van der Waals surface area contributed by atoms with Crippen LogP contribution < -0.4 is 15.4 Å². The van der Waals surface area contributed by atoms with E-state index in [9.17, 15) is 9.18 Å². The molecule has 0 saturated heterocycles. The lowest BCUT2D eigenvalue weighted by molar-refractivity contribution is 0.256. The van der Waals surface area contributed by atoms with E-state index in [0.29, 0.717) is 16.6 Å². The number of hydrogen-bond acceptors (Lipinski definition) is 5. The highest BCUT2D eigenvalue weighted by molar-refractivity contribution is 8.13. The molecule has 3 aromatic carbocycles. The number of methoxy groups -OCH3 is 1. The van der Waals surface area contributed by atoms with Crippen LogP contribution in [0.1, 0.15) is 11.1 Å². The van der Waals surface area contributed by atoms with Crippen LogP contribution in [0.15, 0.2) is 89.1 Å². The van der Waals surface area contributed by atoms with Crippen molar-refractivity contribution in [2.24, 2.45) is 10.2 Å². The summed E-state index contributed by atoms with van der Waals surface area (Å²) in [7, 11) is 1.60. The second-order valence-corrected chi connectivity index (χ2v) is 7.25. The van der Waals surface area contributed by atoms with Gasteiger partial charge in [0.25, 0.3) is 0 Å². The van der Waals surface area contributed by atoms with Gasteiger partial charge in [-0.2, -0.15) is 5.10 Å². The van der Waals surface area contributed by atoms with Crippen LogP contribution in [0.3, 0.4) is 0 Å². The number of benzene rings is 3. The lowest BCUT2D eigenvalue weighted by atomic mass is 10.2. The van der Waals surface area contributed by atoms with Crippen molar-refractivity contribution in [2.45, 2.75) is 5.75 Å². The van der Waals surface area contributed by atoms with Crippen molar-refractivity contribution in [3.8, 4) is 5.75 Å². The van der Waals surface area contributed by atoms with E-state index in [1.807, 2.05) is 42.5 Å². The van der Waals surface area contributed by atoms with Crippen molar-refractivity contribution < 1.29 is 13.9 Å². The maximum absolute atomic E-state index is 13.1. The lowest BCUT2D eigenvalue weighted by Gasteiger charge is -2.09. The van der Waals surface area contributed by atoms with Gasteiger partial charge in [-0.3, -0.25) is 5.32 Å². The predicted octanol–water partition coefficient (Wildman–Crippen LogP) is 5.28. The van der Waals surface area contributed by atoms with Gasteiger partial charge >= 0.3 is 6.03 Å². The molecule has 0 aliphatic carbocycles. The standard InChI is InChI=1S/C23H21FN4O2S/c1-30-21-13-9-17(10-14-21)15-25-28-23(31-16-18-7-11-19(24)12-8-18)27-22(29)26-20-5-3-2-4-6-20/h2-15H,16H2,1H3,(H2,26,27,28,29)/b25-15-. The first-order chi connectivity index (χ1) is 15.1. The first kappa shape index (κ1) is 22.0. The molecule has 31 heavy (non-hydrogen) atoms. The third kappa shape index (κ3) is 7.60. The van der Waals surface area contributed by atoms with Crippen LogP contribution in [-0.4, -0.2) is 24.5 Å². The fourth-order valence-corrected chi connectivity index (χ4v) is 3.21. The second kappa shape index (κ2) is 11.5. The van der Waals surface area contributed by atoms with Crippen molar-refractivity contribution in [1.82, 2.24) is 5.32 Å². The summed E-state index contributed by atoms with van der Waals surface area (Å²) in [6, 6.07) is 22.1. The van der Waals surface area contributed by atoms with Crippen LogP contribution >= 0.6 is 11.8 Å². The van der Waals surface area contributed by atoms with E-state index in [1.165, 1.54) is 23.9 Å². The summed E-state index contributed by atoms with van der Waals surface area (Å²) in [5, 5.41) is 14.0. The minimum Gasteiger partial charge on any atom is -0.497 e. The highest BCUT2D eigenvalue weighted by Gasteiger charge is 2.08. The molecule has 6 nitrogen and oxygen atoms in total. The van der Waals surface area contributed by atoms with Crippen molar-refractivity contribution in [3.05, 3.63) is 95.8 Å². The van der Waals surface area contributed by atoms with Crippen LogP contribution in [0.5, 0.6) is 5.75 Å². The van der Waals surface area contributed by atoms with Gasteiger partial charge in [0.1, 0.15) is 11.6 Å². The van der Waals surface area contributed by atoms with E-state index in [-0.39, 0.29) is 5.82 Å². The van der Waals surface area contributed by atoms with Gasteiger partial charge < -0.3 is 10.1 Å². The summed E-state index contributed by atoms with van der Waals surface area (Å²) < 4.78 is 18.2. The van der Waals surface area contributed by atoms with Gasteiger partial charge in [-0.1, -0.05) is 42.1 Å². The summed E-state index contributed by atoms with van der Waals surface area (Å²) in [4.78, 5) is 12.4. The van der Waals surface area contributed by atoms with Crippen LogP contribution in [-0.2, 0) is 5.75 Å². The Bertz CT molecular complexity index is 1040. The van der Waals surface area contributed by atoms with E-state index < -0.39 is 6.03 Å². The summed E-state index contributed by atoms with van der Waals surface area (Å²) in [5.41, 5.74) is 2.38. The minimum atomic E-state index is -0.434. The average Bonchev–Trinajstić information content (AvgIpc) is 2.79. The molecular weight excluding hydrogens is 415 g/mol. The molecule has 3 rings (SSSR count). The van der Waals surface area contributed by atoms with Crippen LogP contribution in [0, 0.1) is 5.82 Å². The molecule has 0 spiro atoms. The zero-order valence-electron chi connectivity index (χ0n) is 16.8.